The molecule has 5 heteroatoms. The molecule has 0 saturated carbocycles. The number of hydrogen-bond acceptors (Lipinski definition) is 2. The Morgan fingerprint density at radius 3 is 2.41 bits per heavy atom. The number of piperazine rings is 1. The number of halogens is 2. The van der Waals surface area contributed by atoms with Crippen molar-refractivity contribution < 1.29 is 9.18 Å². The maximum Gasteiger partial charge on any atom is 0.246 e. The fourth-order valence-corrected chi connectivity index (χ4v) is 3.65. The highest BCUT2D eigenvalue weighted by Gasteiger charge is 2.30. The lowest BCUT2D eigenvalue weighted by Gasteiger charge is -2.44. The standard InChI is InChI=1S/C22H24BrFN2O/c1-16-14-26(22(27)12-7-18-3-8-20(23)9-4-18)17(2)13-25(16)15-19-5-10-21(24)11-6-19/h3-12,16-17H,13-15H2,1-2H3. The Morgan fingerprint density at radius 2 is 1.74 bits per heavy atom. The number of nitrogens with zero attached hydrogens (tertiary/aromatic N) is 2. The number of carbonyl (C=O) groups excluding carboxylic acids is 1. The van der Waals surface area contributed by atoms with Crippen molar-refractivity contribution in [2.45, 2.75) is 32.5 Å². The molecule has 27 heavy (non-hydrogen) atoms. The Morgan fingerprint density at radius 1 is 1.07 bits per heavy atom. The molecule has 1 aliphatic heterocycles. The minimum absolute atomic E-state index is 0.0405. The van der Waals surface area contributed by atoms with E-state index in [4.69, 9.17) is 0 Å². The third-order valence-corrected chi connectivity index (χ3v) is 5.51. The number of amides is 1. The zero-order valence-electron chi connectivity index (χ0n) is 15.6. The first-order valence-electron chi connectivity index (χ1n) is 9.15. The summed E-state index contributed by atoms with van der Waals surface area (Å²) in [5.74, 6) is -0.174. The van der Waals surface area contributed by atoms with Gasteiger partial charge in [0.2, 0.25) is 5.91 Å². The molecule has 3 rings (SSSR count). The summed E-state index contributed by atoms with van der Waals surface area (Å²) < 4.78 is 14.1. The van der Waals surface area contributed by atoms with E-state index < -0.39 is 0 Å². The molecule has 1 heterocycles. The quantitative estimate of drug-likeness (QED) is 0.654. The first-order valence-corrected chi connectivity index (χ1v) is 9.94. The van der Waals surface area contributed by atoms with Crippen LogP contribution in [-0.2, 0) is 11.3 Å². The average Bonchev–Trinajstić information content (AvgIpc) is 2.65. The van der Waals surface area contributed by atoms with E-state index in [1.165, 1.54) is 12.1 Å². The lowest BCUT2D eigenvalue weighted by Crippen LogP contribution is -2.57. The maximum atomic E-state index is 13.1. The van der Waals surface area contributed by atoms with E-state index >= 15 is 0 Å². The third kappa shape index (κ3) is 5.27. The Labute approximate surface area is 168 Å². The molecule has 1 saturated heterocycles. The van der Waals surface area contributed by atoms with Crippen LogP contribution in [0.4, 0.5) is 4.39 Å². The molecule has 1 fully saturated rings. The summed E-state index contributed by atoms with van der Waals surface area (Å²) in [6.45, 7) is 6.47. The Balaban J connectivity index is 1.61. The van der Waals surface area contributed by atoms with Crippen LogP contribution in [0.15, 0.2) is 59.1 Å². The number of carbonyl (C=O) groups is 1. The van der Waals surface area contributed by atoms with Gasteiger partial charge in [-0.2, -0.15) is 0 Å². The van der Waals surface area contributed by atoms with E-state index in [-0.39, 0.29) is 23.8 Å². The Hall–Kier alpha value is -1.98. The van der Waals surface area contributed by atoms with Gasteiger partial charge in [-0.3, -0.25) is 9.69 Å². The summed E-state index contributed by atoms with van der Waals surface area (Å²) in [7, 11) is 0. The molecular weight excluding hydrogens is 407 g/mol. The van der Waals surface area contributed by atoms with E-state index in [9.17, 15) is 9.18 Å². The van der Waals surface area contributed by atoms with Gasteiger partial charge in [0, 0.05) is 42.3 Å². The van der Waals surface area contributed by atoms with Crippen molar-refractivity contribution in [3.63, 3.8) is 0 Å². The van der Waals surface area contributed by atoms with Gasteiger partial charge in [-0.15, -0.1) is 0 Å². The summed E-state index contributed by atoms with van der Waals surface area (Å²) in [6.07, 6.45) is 3.51. The van der Waals surface area contributed by atoms with Gasteiger partial charge < -0.3 is 4.90 Å². The van der Waals surface area contributed by atoms with E-state index in [1.54, 1.807) is 6.08 Å². The first kappa shape index (κ1) is 19.8. The third-order valence-electron chi connectivity index (χ3n) is 4.99. The average molecular weight is 431 g/mol. The predicted octanol–water partition coefficient (Wildman–Crippen LogP) is 4.72. The van der Waals surface area contributed by atoms with Crippen molar-refractivity contribution in [1.82, 2.24) is 9.80 Å². The molecule has 2 atom stereocenters. The van der Waals surface area contributed by atoms with Crippen LogP contribution in [0.2, 0.25) is 0 Å². The molecule has 0 aromatic heterocycles. The molecule has 0 spiro atoms. The molecule has 1 amide bonds. The second kappa shape index (κ2) is 8.81. The molecule has 3 nitrogen and oxygen atoms in total. The second-order valence-electron chi connectivity index (χ2n) is 7.13. The van der Waals surface area contributed by atoms with Gasteiger partial charge >= 0.3 is 0 Å². The molecule has 2 aromatic rings. The summed E-state index contributed by atoms with van der Waals surface area (Å²) in [6, 6.07) is 14.9. The SMILES string of the molecule is CC1CN(C(=O)C=Cc2ccc(Br)cc2)C(C)CN1Cc1ccc(F)cc1. The van der Waals surface area contributed by atoms with Gasteiger partial charge in [-0.05, 0) is 55.3 Å². The predicted molar refractivity (Wildman–Crippen MR) is 111 cm³/mol. The monoisotopic (exact) mass is 430 g/mol. The minimum Gasteiger partial charge on any atom is -0.334 e. The molecule has 0 radical (unpaired) electrons. The van der Waals surface area contributed by atoms with E-state index in [1.807, 2.05) is 47.4 Å². The molecule has 142 valence electrons. The highest BCUT2D eigenvalue weighted by atomic mass is 79.9. The molecule has 2 unspecified atom stereocenters. The normalized spacial score (nSPS) is 21.0. The van der Waals surface area contributed by atoms with Crippen LogP contribution in [0.25, 0.3) is 6.08 Å². The lowest BCUT2D eigenvalue weighted by atomic mass is 10.1. The number of rotatable bonds is 4. The smallest absolute Gasteiger partial charge is 0.246 e. The van der Waals surface area contributed by atoms with Crippen molar-refractivity contribution in [2.24, 2.45) is 0 Å². The maximum absolute atomic E-state index is 13.1. The van der Waals surface area contributed by atoms with Crippen LogP contribution in [-0.4, -0.2) is 40.9 Å². The van der Waals surface area contributed by atoms with Gasteiger partial charge in [-0.25, -0.2) is 4.39 Å². The van der Waals surface area contributed by atoms with Crippen LogP contribution in [0.1, 0.15) is 25.0 Å². The van der Waals surface area contributed by atoms with Crippen LogP contribution >= 0.6 is 15.9 Å². The van der Waals surface area contributed by atoms with E-state index in [0.29, 0.717) is 6.54 Å². The van der Waals surface area contributed by atoms with E-state index in [2.05, 4.69) is 34.7 Å². The van der Waals surface area contributed by atoms with Crippen molar-refractivity contribution in [2.75, 3.05) is 13.1 Å². The number of benzene rings is 2. The van der Waals surface area contributed by atoms with Gasteiger partial charge in [0.1, 0.15) is 5.82 Å². The van der Waals surface area contributed by atoms with Crippen molar-refractivity contribution >= 4 is 27.9 Å². The molecule has 0 N–H and O–H groups in total. The van der Waals surface area contributed by atoms with Crippen molar-refractivity contribution in [3.8, 4) is 0 Å². The minimum atomic E-state index is -0.215. The largest absolute Gasteiger partial charge is 0.334 e. The van der Waals surface area contributed by atoms with Crippen LogP contribution in [0.3, 0.4) is 0 Å². The zero-order chi connectivity index (χ0) is 19.4. The van der Waals surface area contributed by atoms with Crippen LogP contribution in [0, 0.1) is 5.82 Å². The summed E-state index contributed by atoms with van der Waals surface area (Å²) in [5.41, 5.74) is 2.09. The van der Waals surface area contributed by atoms with Gasteiger partial charge in [0.25, 0.3) is 0 Å². The fraction of sp³-hybridized carbons (Fsp3) is 0.318. The zero-order valence-corrected chi connectivity index (χ0v) is 17.2. The fourth-order valence-electron chi connectivity index (χ4n) is 3.39. The lowest BCUT2D eigenvalue weighted by molar-refractivity contribution is -0.131. The molecule has 0 bridgehead atoms. The second-order valence-corrected chi connectivity index (χ2v) is 8.05. The van der Waals surface area contributed by atoms with Gasteiger partial charge in [0.15, 0.2) is 0 Å². The first-order chi connectivity index (χ1) is 12.9. The summed E-state index contributed by atoms with van der Waals surface area (Å²) in [5, 5.41) is 0. The van der Waals surface area contributed by atoms with Gasteiger partial charge in [-0.1, -0.05) is 40.2 Å². The van der Waals surface area contributed by atoms with Crippen molar-refractivity contribution in [3.05, 3.63) is 76.0 Å². The molecule has 2 aromatic carbocycles. The topological polar surface area (TPSA) is 23.6 Å². The highest BCUT2D eigenvalue weighted by molar-refractivity contribution is 9.10. The van der Waals surface area contributed by atoms with Crippen molar-refractivity contribution in [1.29, 1.82) is 0 Å². The Kier molecular flexibility index (Phi) is 6.45. The molecular formula is C22H24BrFN2O. The summed E-state index contributed by atoms with van der Waals surface area (Å²) >= 11 is 3.41. The Bertz CT molecular complexity index is 804. The van der Waals surface area contributed by atoms with Crippen LogP contribution < -0.4 is 0 Å². The van der Waals surface area contributed by atoms with E-state index in [0.717, 1.165) is 28.7 Å². The van der Waals surface area contributed by atoms with Crippen LogP contribution in [0.5, 0.6) is 0 Å². The number of hydrogen-bond donors (Lipinski definition) is 0. The highest BCUT2D eigenvalue weighted by Crippen LogP contribution is 2.19. The summed E-state index contributed by atoms with van der Waals surface area (Å²) in [4.78, 5) is 16.9. The van der Waals surface area contributed by atoms with Gasteiger partial charge in [0.05, 0.1) is 0 Å². The molecule has 0 aliphatic carbocycles. The molecule has 1 aliphatic rings.